The van der Waals surface area contributed by atoms with Crippen LogP contribution in [0.15, 0.2) is 120 Å². The summed E-state index contributed by atoms with van der Waals surface area (Å²) in [6.45, 7) is 1.57. The third-order valence-electron chi connectivity index (χ3n) is 8.49. The molecule has 248 valence electrons. The van der Waals surface area contributed by atoms with Crippen LogP contribution < -0.4 is 10.5 Å². The average molecular weight is 664 g/mol. The van der Waals surface area contributed by atoms with Crippen LogP contribution in [-0.4, -0.2) is 52.4 Å². The molecule has 1 aromatic heterocycles. The Hall–Kier alpha value is -5.90. The molecule has 4 aromatic carbocycles. The van der Waals surface area contributed by atoms with Gasteiger partial charge in [-0.1, -0.05) is 72.8 Å². The molecule has 7 nitrogen and oxygen atoms in total. The molecule has 1 aliphatic rings. The lowest BCUT2D eigenvalue weighted by molar-refractivity contribution is -0.142. The van der Waals surface area contributed by atoms with Crippen LogP contribution in [0.4, 0.5) is 18.9 Å². The summed E-state index contributed by atoms with van der Waals surface area (Å²) in [6.07, 6.45) is 1.71. The number of piperazine rings is 1. The maximum Gasteiger partial charge on any atom is 0.294 e. The summed E-state index contributed by atoms with van der Waals surface area (Å²) in [5, 5.41) is 11.0. The SMILES string of the molecule is O=C(/C=C(/O)c1cc(Cc2c(F)cc(F)cc2F)cn(Cc2ccccc2)c1=O)C(=O)N1CCN(c2ccc(-c3ccccc3)cc2)CC1. The molecule has 10 heteroatoms. The fourth-order valence-corrected chi connectivity index (χ4v) is 5.90. The number of hydrogen-bond donors (Lipinski definition) is 1. The van der Waals surface area contributed by atoms with Gasteiger partial charge in [0.15, 0.2) is 0 Å². The van der Waals surface area contributed by atoms with E-state index in [-0.39, 0.29) is 37.2 Å². The summed E-state index contributed by atoms with van der Waals surface area (Å²) in [6, 6.07) is 29.3. The van der Waals surface area contributed by atoms with E-state index in [1.54, 1.807) is 30.3 Å². The van der Waals surface area contributed by atoms with E-state index in [1.165, 1.54) is 21.7 Å². The first-order valence-electron chi connectivity index (χ1n) is 15.7. The molecule has 0 radical (unpaired) electrons. The van der Waals surface area contributed by atoms with E-state index >= 15 is 0 Å². The van der Waals surface area contributed by atoms with Gasteiger partial charge in [-0.25, -0.2) is 13.2 Å². The minimum absolute atomic E-state index is 0.0499. The lowest BCUT2D eigenvalue weighted by atomic mass is 10.0. The van der Waals surface area contributed by atoms with Gasteiger partial charge in [-0.3, -0.25) is 14.4 Å². The van der Waals surface area contributed by atoms with Crippen LogP contribution >= 0.6 is 0 Å². The van der Waals surface area contributed by atoms with Crippen LogP contribution in [0.1, 0.15) is 22.3 Å². The maximum atomic E-state index is 14.5. The van der Waals surface area contributed by atoms with E-state index in [0.29, 0.717) is 31.3 Å². The number of rotatable bonds is 9. The van der Waals surface area contributed by atoms with E-state index in [9.17, 15) is 32.7 Å². The van der Waals surface area contributed by atoms with Crippen molar-refractivity contribution in [3.8, 4) is 11.1 Å². The Kier molecular flexibility index (Phi) is 9.75. The van der Waals surface area contributed by atoms with Gasteiger partial charge in [0.1, 0.15) is 23.2 Å². The van der Waals surface area contributed by atoms with Crippen molar-refractivity contribution in [3.63, 3.8) is 0 Å². The highest BCUT2D eigenvalue weighted by atomic mass is 19.1. The van der Waals surface area contributed by atoms with E-state index in [4.69, 9.17) is 0 Å². The molecule has 0 atom stereocenters. The van der Waals surface area contributed by atoms with Gasteiger partial charge in [0.05, 0.1) is 12.1 Å². The standard InChI is InChI=1S/C39H32F3N3O4/c40-30-21-34(41)32(35(42)22-30)19-27-20-33(38(48)45(25-27)24-26-7-3-1-4-8-26)36(46)23-37(47)39(49)44-17-15-43(16-18-44)31-13-11-29(12-14-31)28-9-5-2-6-10-28/h1-14,20-23,25,46H,15-19,24H2/b36-23+. The summed E-state index contributed by atoms with van der Waals surface area (Å²) < 4.78 is 43.8. The molecule has 0 bridgehead atoms. The number of aromatic nitrogens is 1. The molecule has 1 saturated heterocycles. The molecule has 49 heavy (non-hydrogen) atoms. The molecule has 2 heterocycles. The van der Waals surface area contributed by atoms with Crippen LogP contribution in [0.3, 0.4) is 0 Å². The molecule has 0 unspecified atom stereocenters. The number of aliphatic hydroxyl groups excluding tert-OH is 1. The number of nitrogens with zero attached hydrogens (tertiary/aromatic N) is 3. The zero-order valence-corrected chi connectivity index (χ0v) is 26.4. The second kappa shape index (κ2) is 14.5. The van der Waals surface area contributed by atoms with Crippen molar-refractivity contribution in [2.75, 3.05) is 31.1 Å². The van der Waals surface area contributed by atoms with Crippen molar-refractivity contribution >= 4 is 23.1 Å². The van der Waals surface area contributed by atoms with E-state index in [2.05, 4.69) is 4.90 Å². The number of carbonyl (C=O) groups excluding carboxylic acids is 2. The van der Waals surface area contributed by atoms with Crippen molar-refractivity contribution in [1.82, 2.24) is 9.47 Å². The molecule has 1 aliphatic heterocycles. The molecule has 0 saturated carbocycles. The topological polar surface area (TPSA) is 82.8 Å². The number of pyridine rings is 1. The Morgan fingerprint density at radius 2 is 1.33 bits per heavy atom. The van der Waals surface area contributed by atoms with Gasteiger partial charge in [0.25, 0.3) is 11.5 Å². The zero-order chi connectivity index (χ0) is 34.5. The van der Waals surface area contributed by atoms with E-state index < -0.39 is 46.0 Å². The number of carbonyl (C=O) groups is 2. The fraction of sp³-hybridized carbons (Fsp3) is 0.154. The van der Waals surface area contributed by atoms with Crippen molar-refractivity contribution in [2.45, 2.75) is 13.0 Å². The Balaban J connectivity index is 1.19. The van der Waals surface area contributed by atoms with Crippen LogP contribution in [0.5, 0.6) is 0 Å². The summed E-state index contributed by atoms with van der Waals surface area (Å²) in [5.41, 5.74) is 2.67. The quantitative estimate of drug-likeness (QED) is 0.112. The molecule has 5 aromatic rings. The first-order chi connectivity index (χ1) is 23.7. The summed E-state index contributed by atoms with van der Waals surface area (Å²) in [5.74, 6) is -5.90. The third-order valence-corrected chi connectivity index (χ3v) is 8.49. The van der Waals surface area contributed by atoms with Gasteiger partial charge in [-0.2, -0.15) is 0 Å². The highest BCUT2D eigenvalue weighted by molar-refractivity contribution is 6.41. The molecular weight excluding hydrogens is 631 g/mol. The van der Waals surface area contributed by atoms with Crippen LogP contribution in [0.2, 0.25) is 0 Å². The molecule has 0 aliphatic carbocycles. The Morgan fingerprint density at radius 1 is 0.735 bits per heavy atom. The summed E-state index contributed by atoms with van der Waals surface area (Å²) in [7, 11) is 0. The second-order valence-corrected chi connectivity index (χ2v) is 11.8. The zero-order valence-electron chi connectivity index (χ0n) is 26.4. The number of hydrogen-bond acceptors (Lipinski definition) is 5. The predicted octanol–water partition coefficient (Wildman–Crippen LogP) is 6.39. The van der Waals surface area contributed by atoms with Gasteiger partial charge in [0.2, 0.25) is 5.78 Å². The van der Waals surface area contributed by atoms with Crippen molar-refractivity contribution in [1.29, 1.82) is 0 Å². The normalized spacial score (nSPS) is 13.4. The predicted molar refractivity (Wildman–Crippen MR) is 182 cm³/mol. The Morgan fingerprint density at radius 3 is 1.96 bits per heavy atom. The minimum atomic E-state index is -1.11. The number of ketones is 1. The Bertz CT molecular complexity index is 2050. The summed E-state index contributed by atoms with van der Waals surface area (Å²) in [4.78, 5) is 43.2. The highest BCUT2D eigenvalue weighted by Crippen LogP contribution is 2.24. The van der Waals surface area contributed by atoms with Gasteiger partial charge in [-0.05, 0) is 40.5 Å². The fourth-order valence-electron chi connectivity index (χ4n) is 5.90. The Labute approximate surface area is 280 Å². The van der Waals surface area contributed by atoms with E-state index in [1.807, 2.05) is 54.6 Å². The molecule has 0 spiro atoms. The number of benzene rings is 4. The molecular formula is C39H32F3N3O4. The first kappa shape index (κ1) is 33.0. The molecule has 1 fully saturated rings. The maximum absolute atomic E-state index is 14.5. The number of aliphatic hydroxyl groups is 1. The van der Waals surface area contributed by atoms with Crippen molar-refractivity contribution < 1.29 is 27.9 Å². The van der Waals surface area contributed by atoms with Crippen molar-refractivity contribution in [3.05, 3.63) is 165 Å². The van der Waals surface area contributed by atoms with E-state index in [0.717, 1.165) is 22.4 Å². The van der Waals surface area contributed by atoms with Gasteiger partial charge >= 0.3 is 0 Å². The van der Waals surface area contributed by atoms with Crippen LogP contribution in [0.25, 0.3) is 16.9 Å². The largest absolute Gasteiger partial charge is 0.507 e. The monoisotopic (exact) mass is 663 g/mol. The van der Waals surface area contributed by atoms with Gasteiger partial charge in [0, 0.05) is 68.3 Å². The third kappa shape index (κ3) is 7.65. The van der Waals surface area contributed by atoms with Gasteiger partial charge in [-0.15, -0.1) is 0 Å². The smallest absolute Gasteiger partial charge is 0.294 e. The average Bonchev–Trinajstić information content (AvgIpc) is 3.11. The van der Waals surface area contributed by atoms with Gasteiger partial charge < -0.3 is 19.5 Å². The van der Waals surface area contributed by atoms with Crippen LogP contribution in [-0.2, 0) is 22.6 Å². The lowest BCUT2D eigenvalue weighted by Crippen LogP contribution is -2.50. The van der Waals surface area contributed by atoms with Crippen LogP contribution in [0, 0.1) is 17.5 Å². The minimum Gasteiger partial charge on any atom is -0.507 e. The second-order valence-electron chi connectivity index (χ2n) is 11.8. The number of anilines is 1. The highest BCUT2D eigenvalue weighted by Gasteiger charge is 2.26. The number of halogens is 3. The van der Waals surface area contributed by atoms with Crippen molar-refractivity contribution in [2.24, 2.45) is 0 Å². The first-order valence-corrected chi connectivity index (χ1v) is 15.7. The molecule has 1 amide bonds. The molecule has 1 N–H and O–H groups in total. The molecule has 6 rings (SSSR count). The summed E-state index contributed by atoms with van der Waals surface area (Å²) >= 11 is 0. The number of amides is 1. The lowest BCUT2D eigenvalue weighted by Gasteiger charge is -2.35.